The Hall–Kier alpha value is -1.14. The van der Waals surface area contributed by atoms with Crippen molar-refractivity contribution in [3.63, 3.8) is 0 Å². The lowest BCUT2D eigenvalue weighted by molar-refractivity contribution is 0.458. The summed E-state index contributed by atoms with van der Waals surface area (Å²) in [6.07, 6.45) is 4.97. The van der Waals surface area contributed by atoms with Crippen molar-refractivity contribution >= 4 is 16.2 Å². The van der Waals surface area contributed by atoms with Crippen LogP contribution < -0.4 is 0 Å². The molecule has 90 valence electrons. The van der Waals surface area contributed by atoms with Gasteiger partial charge >= 0.3 is 0 Å². The molecular weight excluding hydrogens is 228 g/mol. The first-order valence-corrected chi connectivity index (χ1v) is 6.63. The molecule has 1 aromatic rings. The number of imidazole rings is 1. The minimum atomic E-state index is -4.11. The Morgan fingerprint density at radius 1 is 1.69 bits per heavy atom. The quantitative estimate of drug-likeness (QED) is 0.751. The molecule has 0 amide bonds. The third-order valence-electron chi connectivity index (χ3n) is 2.32. The van der Waals surface area contributed by atoms with Gasteiger partial charge in [0.15, 0.2) is 0 Å². The van der Waals surface area contributed by atoms with E-state index in [1.54, 1.807) is 0 Å². The van der Waals surface area contributed by atoms with Crippen molar-refractivity contribution in [3.05, 3.63) is 24.3 Å². The van der Waals surface area contributed by atoms with Crippen LogP contribution in [0.1, 0.15) is 43.0 Å². The predicted molar refractivity (Wildman–Crippen MR) is 62.5 cm³/mol. The molecule has 0 saturated heterocycles. The van der Waals surface area contributed by atoms with Crippen molar-refractivity contribution in [3.8, 4) is 0 Å². The minimum absolute atomic E-state index is 0.269. The van der Waals surface area contributed by atoms with Gasteiger partial charge in [0.25, 0.3) is 10.1 Å². The third-order valence-corrected chi connectivity index (χ3v) is 3.50. The molecule has 0 radical (unpaired) electrons. The van der Waals surface area contributed by atoms with Crippen LogP contribution in [0.5, 0.6) is 0 Å². The lowest BCUT2D eigenvalue weighted by Crippen LogP contribution is -2.13. The van der Waals surface area contributed by atoms with Gasteiger partial charge in [0.05, 0.1) is 11.9 Å². The molecule has 0 bridgehead atoms. The number of nitrogens with one attached hydrogen (secondary N) is 1. The van der Waals surface area contributed by atoms with E-state index in [0.717, 1.165) is 6.42 Å². The Morgan fingerprint density at radius 2 is 2.38 bits per heavy atom. The van der Waals surface area contributed by atoms with E-state index >= 15 is 0 Å². The first-order chi connectivity index (χ1) is 7.49. The summed E-state index contributed by atoms with van der Waals surface area (Å²) in [5, 5.41) is -0.971. The molecule has 6 heteroatoms. The molecule has 0 spiro atoms. The molecule has 1 aromatic heterocycles. The smallest absolute Gasteiger partial charge is 0.275 e. The second kappa shape index (κ2) is 5.27. The van der Waals surface area contributed by atoms with Crippen molar-refractivity contribution in [1.82, 2.24) is 9.97 Å². The van der Waals surface area contributed by atoms with Gasteiger partial charge in [0, 0.05) is 0 Å². The number of aromatic nitrogens is 2. The molecule has 0 aliphatic carbocycles. The van der Waals surface area contributed by atoms with Crippen LogP contribution in [0.4, 0.5) is 0 Å². The molecule has 5 nitrogen and oxygen atoms in total. The van der Waals surface area contributed by atoms with E-state index in [2.05, 4.69) is 16.5 Å². The lowest BCUT2D eigenvalue weighted by atomic mass is 10.2. The fraction of sp³-hybridized carbons (Fsp3) is 0.500. The SMILES string of the molecule is C=Cc1cnc(C(CCCC)S(=O)(=O)O)[nH]1. The number of H-pyrrole nitrogens is 1. The molecule has 1 rings (SSSR count). The average molecular weight is 244 g/mol. The van der Waals surface area contributed by atoms with Crippen LogP contribution in [-0.4, -0.2) is 22.9 Å². The lowest BCUT2D eigenvalue weighted by Gasteiger charge is -2.10. The van der Waals surface area contributed by atoms with E-state index in [1.165, 1.54) is 12.3 Å². The highest BCUT2D eigenvalue weighted by Gasteiger charge is 2.27. The summed E-state index contributed by atoms with van der Waals surface area (Å²) in [4.78, 5) is 6.75. The zero-order valence-electron chi connectivity index (χ0n) is 9.18. The molecule has 0 aliphatic rings. The van der Waals surface area contributed by atoms with Crippen LogP contribution in [-0.2, 0) is 10.1 Å². The highest BCUT2D eigenvalue weighted by molar-refractivity contribution is 7.86. The van der Waals surface area contributed by atoms with Crippen molar-refractivity contribution in [2.24, 2.45) is 0 Å². The van der Waals surface area contributed by atoms with Crippen LogP contribution in [0.3, 0.4) is 0 Å². The largest absolute Gasteiger partial charge is 0.341 e. The Morgan fingerprint density at radius 3 is 2.81 bits per heavy atom. The van der Waals surface area contributed by atoms with Gasteiger partial charge in [-0.3, -0.25) is 4.55 Å². The van der Waals surface area contributed by atoms with E-state index in [4.69, 9.17) is 4.55 Å². The van der Waals surface area contributed by atoms with Crippen LogP contribution >= 0.6 is 0 Å². The first-order valence-electron chi connectivity index (χ1n) is 5.12. The summed E-state index contributed by atoms with van der Waals surface area (Å²) in [7, 11) is -4.11. The summed E-state index contributed by atoms with van der Waals surface area (Å²) < 4.78 is 31.5. The maximum atomic E-state index is 11.2. The molecular formula is C10H16N2O3S. The molecule has 0 aromatic carbocycles. The molecule has 2 N–H and O–H groups in total. The van der Waals surface area contributed by atoms with Gasteiger partial charge in [-0.05, 0) is 12.5 Å². The Balaban J connectivity index is 2.96. The number of hydrogen-bond donors (Lipinski definition) is 2. The van der Waals surface area contributed by atoms with E-state index in [1.807, 2.05) is 6.92 Å². The van der Waals surface area contributed by atoms with E-state index < -0.39 is 15.4 Å². The zero-order valence-corrected chi connectivity index (χ0v) is 10.00. The van der Waals surface area contributed by atoms with E-state index in [0.29, 0.717) is 18.5 Å². The highest BCUT2D eigenvalue weighted by atomic mass is 32.2. The summed E-state index contributed by atoms with van der Waals surface area (Å²) in [5.41, 5.74) is 0.639. The average Bonchev–Trinajstić information content (AvgIpc) is 2.65. The third kappa shape index (κ3) is 3.18. The number of unbranched alkanes of at least 4 members (excludes halogenated alkanes) is 1. The summed E-state index contributed by atoms with van der Waals surface area (Å²) >= 11 is 0. The van der Waals surface area contributed by atoms with Gasteiger partial charge in [-0.2, -0.15) is 8.42 Å². The monoisotopic (exact) mass is 244 g/mol. The standard InChI is InChI=1S/C10H16N2O3S/c1-3-5-6-9(16(13,14)15)10-11-7-8(4-2)12-10/h4,7,9H,2-3,5-6H2,1H3,(H,11,12)(H,13,14,15). The fourth-order valence-corrected chi connectivity index (χ4v) is 2.30. The van der Waals surface area contributed by atoms with Crippen LogP contribution in [0.15, 0.2) is 12.8 Å². The minimum Gasteiger partial charge on any atom is -0.341 e. The van der Waals surface area contributed by atoms with Gasteiger partial charge in [0.1, 0.15) is 11.1 Å². The normalized spacial score (nSPS) is 13.6. The van der Waals surface area contributed by atoms with Gasteiger partial charge < -0.3 is 4.98 Å². The maximum Gasteiger partial charge on any atom is 0.275 e. The molecule has 16 heavy (non-hydrogen) atoms. The Kier molecular flexibility index (Phi) is 4.26. The number of nitrogens with zero attached hydrogens (tertiary/aromatic N) is 1. The Labute approximate surface area is 95.4 Å². The van der Waals surface area contributed by atoms with Gasteiger partial charge in [-0.15, -0.1) is 0 Å². The fourth-order valence-electron chi connectivity index (χ4n) is 1.44. The van der Waals surface area contributed by atoms with E-state index in [9.17, 15) is 8.42 Å². The molecule has 1 unspecified atom stereocenters. The van der Waals surface area contributed by atoms with Crippen LogP contribution in [0.25, 0.3) is 6.08 Å². The summed E-state index contributed by atoms with van der Waals surface area (Å²) in [6.45, 7) is 5.50. The predicted octanol–water partition coefficient (Wildman–Crippen LogP) is 2.17. The number of aromatic amines is 1. The van der Waals surface area contributed by atoms with Gasteiger partial charge in [-0.1, -0.05) is 26.3 Å². The van der Waals surface area contributed by atoms with Gasteiger partial charge in [-0.25, -0.2) is 4.98 Å². The maximum absolute atomic E-state index is 11.2. The summed E-state index contributed by atoms with van der Waals surface area (Å²) in [5.74, 6) is 0.269. The van der Waals surface area contributed by atoms with Crippen LogP contribution in [0, 0.1) is 0 Å². The topological polar surface area (TPSA) is 83.1 Å². The second-order valence-corrected chi connectivity index (χ2v) is 5.17. The van der Waals surface area contributed by atoms with Crippen molar-refractivity contribution in [2.45, 2.75) is 31.4 Å². The van der Waals surface area contributed by atoms with E-state index in [-0.39, 0.29) is 5.82 Å². The van der Waals surface area contributed by atoms with Crippen molar-refractivity contribution in [2.75, 3.05) is 0 Å². The number of hydrogen-bond acceptors (Lipinski definition) is 3. The van der Waals surface area contributed by atoms with Crippen molar-refractivity contribution in [1.29, 1.82) is 0 Å². The molecule has 0 aliphatic heterocycles. The van der Waals surface area contributed by atoms with Crippen molar-refractivity contribution < 1.29 is 13.0 Å². The molecule has 0 fully saturated rings. The first kappa shape index (κ1) is 12.9. The second-order valence-electron chi connectivity index (χ2n) is 3.57. The summed E-state index contributed by atoms with van der Waals surface area (Å²) in [6, 6.07) is 0. The van der Waals surface area contributed by atoms with Crippen LogP contribution in [0.2, 0.25) is 0 Å². The zero-order chi connectivity index (χ0) is 12.2. The number of rotatable bonds is 6. The Bertz CT molecular complexity index is 450. The highest BCUT2D eigenvalue weighted by Crippen LogP contribution is 2.24. The molecule has 1 heterocycles. The molecule has 0 saturated carbocycles. The molecule has 1 atom stereocenters. The van der Waals surface area contributed by atoms with Gasteiger partial charge in [0.2, 0.25) is 0 Å².